The van der Waals surface area contributed by atoms with Gasteiger partial charge in [-0.1, -0.05) is 34.1 Å². The van der Waals surface area contributed by atoms with Crippen LogP contribution < -0.4 is 19.7 Å². The largest absolute Gasteiger partial charge is 0.493 e. The Hall–Kier alpha value is -3.13. The minimum absolute atomic E-state index is 0.151. The predicted molar refractivity (Wildman–Crippen MR) is 112 cm³/mol. The fourth-order valence-electron chi connectivity index (χ4n) is 2.87. The minimum Gasteiger partial charge on any atom is -0.493 e. The quantitative estimate of drug-likeness (QED) is 0.407. The average molecular weight is 459 g/mol. The first kappa shape index (κ1) is 20.6. The van der Waals surface area contributed by atoms with E-state index in [9.17, 15) is 14.4 Å². The van der Waals surface area contributed by atoms with Gasteiger partial charge in [-0.05, 0) is 48.4 Å². The van der Waals surface area contributed by atoms with Gasteiger partial charge in [0.25, 0.3) is 11.8 Å². The number of aryl methyl sites for hydroxylation is 1. The molecule has 3 rings (SSSR count). The summed E-state index contributed by atoms with van der Waals surface area (Å²) >= 11 is 3.29. The molecule has 0 radical (unpaired) electrons. The fourth-order valence-corrected chi connectivity index (χ4v) is 3.03. The molecule has 1 heterocycles. The molecule has 150 valence electrons. The molecule has 1 aliphatic heterocycles. The van der Waals surface area contributed by atoms with Crippen molar-refractivity contribution in [1.29, 1.82) is 0 Å². The highest BCUT2D eigenvalue weighted by Crippen LogP contribution is 2.30. The van der Waals surface area contributed by atoms with Gasteiger partial charge in [0.15, 0.2) is 11.5 Å². The van der Waals surface area contributed by atoms with E-state index in [0.717, 1.165) is 10.5 Å². The Labute approximate surface area is 176 Å². The second kappa shape index (κ2) is 8.91. The van der Waals surface area contributed by atoms with Crippen molar-refractivity contribution in [3.63, 3.8) is 0 Å². The first-order valence-corrected chi connectivity index (χ1v) is 9.91. The van der Waals surface area contributed by atoms with E-state index in [0.29, 0.717) is 34.7 Å². The number of ether oxygens (including phenoxy) is 2. The Bertz CT molecular complexity index is 1000. The van der Waals surface area contributed by atoms with Crippen LogP contribution in [-0.4, -0.2) is 36.9 Å². The second-order valence-electron chi connectivity index (χ2n) is 6.24. The number of alkyl halides is 1. The summed E-state index contributed by atoms with van der Waals surface area (Å²) in [7, 11) is 1.50. The summed E-state index contributed by atoms with van der Waals surface area (Å²) in [4.78, 5) is 38.5. The number of urea groups is 1. The first-order chi connectivity index (χ1) is 13.9. The lowest BCUT2D eigenvalue weighted by atomic mass is 10.1. The molecule has 2 aromatic rings. The van der Waals surface area contributed by atoms with E-state index in [1.807, 2.05) is 13.0 Å². The molecule has 1 N–H and O–H groups in total. The molecule has 0 aromatic heterocycles. The molecule has 0 spiro atoms. The van der Waals surface area contributed by atoms with Crippen LogP contribution in [0.5, 0.6) is 11.5 Å². The molecule has 1 saturated heterocycles. The van der Waals surface area contributed by atoms with Gasteiger partial charge in [-0.15, -0.1) is 0 Å². The summed E-state index contributed by atoms with van der Waals surface area (Å²) in [6.45, 7) is 2.31. The van der Waals surface area contributed by atoms with E-state index in [1.165, 1.54) is 13.2 Å². The zero-order chi connectivity index (χ0) is 21.0. The maximum atomic E-state index is 12.9. The van der Waals surface area contributed by atoms with Crippen molar-refractivity contribution in [2.45, 2.75) is 6.92 Å². The standard InChI is InChI=1S/C21H19BrN2O5/c1-13-4-3-5-15(10-13)24-20(26)16(19(25)23-21(24)27)11-14-6-7-17(29-9-8-22)18(12-14)28-2/h3-7,10-12H,8-9H2,1-2H3,(H,23,25,27). The van der Waals surface area contributed by atoms with Gasteiger partial charge in [0, 0.05) is 5.33 Å². The van der Waals surface area contributed by atoms with E-state index in [-0.39, 0.29) is 5.57 Å². The molecule has 7 nitrogen and oxygen atoms in total. The molecule has 4 amide bonds. The number of hydrogen-bond donors (Lipinski definition) is 1. The number of carbonyl (C=O) groups is 3. The minimum atomic E-state index is -0.779. The zero-order valence-corrected chi connectivity index (χ0v) is 17.5. The van der Waals surface area contributed by atoms with Gasteiger partial charge in [-0.2, -0.15) is 0 Å². The fraction of sp³-hybridized carbons (Fsp3) is 0.190. The lowest BCUT2D eigenvalue weighted by molar-refractivity contribution is -0.122. The topological polar surface area (TPSA) is 84.9 Å². The molecule has 2 aromatic carbocycles. The van der Waals surface area contributed by atoms with Crippen LogP contribution in [0.25, 0.3) is 6.08 Å². The molecule has 8 heteroatoms. The highest BCUT2D eigenvalue weighted by atomic mass is 79.9. The molecule has 1 fully saturated rings. The summed E-state index contributed by atoms with van der Waals surface area (Å²) < 4.78 is 10.9. The number of rotatable bonds is 6. The van der Waals surface area contributed by atoms with Gasteiger partial charge >= 0.3 is 6.03 Å². The number of nitrogens with zero attached hydrogens (tertiary/aromatic N) is 1. The first-order valence-electron chi connectivity index (χ1n) is 8.79. The zero-order valence-electron chi connectivity index (χ0n) is 15.9. The van der Waals surface area contributed by atoms with Gasteiger partial charge in [0.05, 0.1) is 19.4 Å². The van der Waals surface area contributed by atoms with Crippen molar-refractivity contribution in [3.05, 3.63) is 59.2 Å². The van der Waals surface area contributed by atoms with Crippen molar-refractivity contribution in [1.82, 2.24) is 5.32 Å². The SMILES string of the molecule is COc1cc(C=C2C(=O)NC(=O)N(c3cccc(C)c3)C2=O)ccc1OCCBr. The van der Waals surface area contributed by atoms with Crippen LogP contribution in [0.2, 0.25) is 0 Å². The number of halogens is 1. The number of methoxy groups -OCH3 is 1. The van der Waals surface area contributed by atoms with Gasteiger partial charge in [0.1, 0.15) is 5.57 Å². The van der Waals surface area contributed by atoms with E-state index >= 15 is 0 Å². The van der Waals surface area contributed by atoms with Crippen LogP contribution in [-0.2, 0) is 9.59 Å². The summed E-state index contributed by atoms with van der Waals surface area (Å²) in [5, 5.41) is 2.88. The number of amides is 4. The lowest BCUT2D eigenvalue weighted by Gasteiger charge is -2.26. The van der Waals surface area contributed by atoms with E-state index < -0.39 is 17.8 Å². The normalized spacial score (nSPS) is 15.5. The summed E-state index contributed by atoms with van der Waals surface area (Å²) in [5.41, 5.74) is 1.68. The number of barbiturate groups is 1. The summed E-state index contributed by atoms with van der Waals surface area (Å²) in [5.74, 6) is -0.425. The number of benzene rings is 2. The maximum absolute atomic E-state index is 12.9. The van der Waals surface area contributed by atoms with Crippen molar-refractivity contribution < 1.29 is 23.9 Å². The van der Waals surface area contributed by atoms with Crippen molar-refractivity contribution >= 4 is 45.5 Å². The third kappa shape index (κ3) is 4.48. The highest BCUT2D eigenvalue weighted by molar-refractivity contribution is 9.09. The van der Waals surface area contributed by atoms with Crippen LogP contribution in [0.3, 0.4) is 0 Å². The third-order valence-electron chi connectivity index (χ3n) is 4.19. The van der Waals surface area contributed by atoms with Crippen molar-refractivity contribution in [2.75, 3.05) is 23.9 Å². The monoisotopic (exact) mass is 458 g/mol. The van der Waals surface area contributed by atoms with Gasteiger partial charge in [-0.3, -0.25) is 14.9 Å². The van der Waals surface area contributed by atoms with Crippen LogP contribution in [0.4, 0.5) is 10.5 Å². The molecule has 0 unspecified atom stereocenters. The average Bonchev–Trinajstić information content (AvgIpc) is 2.69. The Kier molecular flexibility index (Phi) is 6.33. The smallest absolute Gasteiger partial charge is 0.335 e. The van der Waals surface area contributed by atoms with E-state index in [4.69, 9.17) is 9.47 Å². The molecule has 0 saturated carbocycles. The molecule has 1 aliphatic rings. The molecule has 0 atom stereocenters. The van der Waals surface area contributed by atoms with Gasteiger partial charge in [-0.25, -0.2) is 9.69 Å². The molecule has 29 heavy (non-hydrogen) atoms. The van der Waals surface area contributed by atoms with E-state index in [1.54, 1.807) is 36.4 Å². The molecular weight excluding hydrogens is 440 g/mol. The number of imide groups is 2. The molecule has 0 aliphatic carbocycles. The van der Waals surface area contributed by atoms with Crippen LogP contribution in [0, 0.1) is 6.92 Å². The molecule has 0 bridgehead atoms. The highest BCUT2D eigenvalue weighted by Gasteiger charge is 2.36. The number of hydrogen-bond acceptors (Lipinski definition) is 5. The summed E-state index contributed by atoms with van der Waals surface area (Å²) in [6.07, 6.45) is 1.42. The molecular formula is C21H19BrN2O5. The van der Waals surface area contributed by atoms with Crippen molar-refractivity contribution in [2.24, 2.45) is 0 Å². The third-order valence-corrected chi connectivity index (χ3v) is 4.52. The maximum Gasteiger partial charge on any atom is 0.335 e. The van der Waals surface area contributed by atoms with Crippen molar-refractivity contribution in [3.8, 4) is 11.5 Å². The Morgan fingerprint density at radius 1 is 1.10 bits per heavy atom. The number of nitrogens with one attached hydrogen (secondary N) is 1. The van der Waals surface area contributed by atoms with Crippen LogP contribution in [0.1, 0.15) is 11.1 Å². The second-order valence-corrected chi connectivity index (χ2v) is 7.04. The number of anilines is 1. The Morgan fingerprint density at radius 3 is 2.59 bits per heavy atom. The number of carbonyl (C=O) groups excluding carboxylic acids is 3. The Balaban J connectivity index is 1.96. The van der Waals surface area contributed by atoms with Gasteiger partial charge in [0.2, 0.25) is 0 Å². The summed E-state index contributed by atoms with van der Waals surface area (Å²) in [6, 6.07) is 11.2. The van der Waals surface area contributed by atoms with Gasteiger partial charge < -0.3 is 9.47 Å². The van der Waals surface area contributed by atoms with Crippen LogP contribution >= 0.6 is 15.9 Å². The van der Waals surface area contributed by atoms with Crippen LogP contribution in [0.15, 0.2) is 48.0 Å². The predicted octanol–water partition coefficient (Wildman–Crippen LogP) is 3.44. The lowest BCUT2D eigenvalue weighted by Crippen LogP contribution is -2.54. The Morgan fingerprint density at radius 2 is 1.90 bits per heavy atom. The van der Waals surface area contributed by atoms with E-state index in [2.05, 4.69) is 21.2 Å².